The minimum Gasteiger partial charge on any atom is -0.369 e. The van der Waals surface area contributed by atoms with Crippen LogP contribution in [0.25, 0.3) is 10.2 Å². The number of fused-ring (bicyclic) bond motifs is 1. The standard InChI is InChI=1S/C11H15N5S/c1-7-8-9(13-5-11(4-12)2-3-11)14-6-15-10(8)17-16-7/h6H,2-5,12H2,1H3,(H,13,14,15). The molecule has 1 aliphatic carbocycles. The second kappa shape index (κ2) is 3.89. The number of hydrogen-bond acceptors (Lipinski definition) is 6. The Balaban J connectivity index is 1.87. The van der Waals surface area contributed by atoms with Crippen molar-refractivity contribution in [2.45, 2.75) is 19.8 Å². The summed E-state index contributed by atoms with van der Waals surface area (Å²) in [5.74, 6) is 0.890. The van der Waals surface area contributed by atoms with E-state index in [0.717, 1.165) is 34.8 Å². The first kappa shape index (κ1) is 10.9. The summed E-state index contributed by atoms with van der Waals surface area (Å²) in [6.45, 7) is 3.63. The first-order chi connectivity index (χ1) is 8.24. The number of aryl methyl sites for hydroxylation is 1. The molecule has 0 atom stereocenters. The van der Waals surface area contributed by atoms with Crippen molar-refractivity contribution in [2.24, 2.45) is 11.1 Å². The van der Waals surface area contributed by atoms with Gasteiger partial charge in [-0.05, 0) is 43.3 Å². The van der Waals surface area contributed by atoms with Crippen LogP contribution in [0.5, 0.6) is 0 Å². The van der Waals surface area contributed by atoms with Crippen LogP contribution in [0.15, 0.2) is 6.33 Å². The Morgan fingerprint density at radius 1 is 1.47 bits per heavy atom. The van der Waals surface area contributed by atoms with Gasteiger partial charge in [0.1, 0.15) is 17.0 Å². The summed E-state index contributed by atoms with van der Waals surface area (Å²) in [7, 11) is 0. The molecular formula is C11H15N5S. The Hall–Kier alpha value is -1.27. The Kier molecular flexibility index (Phi) is 2.48. The maximum atomic E-state index is 5.77. The molecule has 0 radical (unpaired) electrons. The number of nitrogens with one attached hydrogen (secondary N) is 1. The minimum atomic E-state index is 0.300. The van der Waals surface area contributed by atoms with E-state index in [1.54, 1.807) is 6.33 Å². The molecule has 1 saturated carbocycles. The molecule has 0 aromatic carbocycles. The average molecular weight is 249 g/mol. The van der Waals surface area contributed by atoms with E-state index in [1.807, 2.05) is 6.92 Å². The Morgan fingerprint density at radius 2 is 2.29 bits per heavy atom. The molecule has 3 rings (SSSR count). The van der Waals surface area contributed by atoms with Crippen molar-refractivity contribution >= 4 is 27.6 Å². The highest BCUT2D eigenvalue weighted by atomic mass is 32.1. The fourth-order valence-electron chi connectivity index (χ4n) is 1.96. The molecule has 0 unspecified atom stereocenters. The monoisotopic (exact) mass is 249 g/mol. The lowest BCUT2D eigenvalue weighted by Crippen LogP contribution is -2.24. The van der Waals surface area contributed by atoms with Crippen LogP contribution in [-0.4, -0.2) is 27.4 Å². The molecule has 90 valence electrons. The number of anilines is 1. The number of hydrogen-bond donors (Lipinski definition) is 2. The summed E-state index contributed by atoms with van der Waals surface area (Å²) >= 11 is 1.42. The van der Waals surface area contributed by atoms with Crippen LogP contribution in [0.2, 0.25) is 0 Å². The summed E-state index contributed by atoms with van der Waals surface area (Å²) in [6.07, 6.45) is 4.02. The second-order valence-corrected chi connectivity index (χ2v) is 5.48. The van der Waals surface area contributed by atoms with Crippen molar-refractivity contribution < 1.29 is 0 Å². The first-order valence-electron chi connectivity index (χ1n) is 5.75. The molecule has 0 amide bonds. The Morgan fingerprint density at radius 3 is 3.00 bits per heavy atom. The van der Waals surface area contributed by atoms with Crippen LogP contribution in [0.1, 0.15) is 18.5 Å². The lowest BCUT2D eigenvalue weighted by Gasteiger charge is -2.14. The van der Waals surface area contributed by atoms with Gasteiger partial charge in [0, 0.05) is 6.54 Å². The van der Waals surface area contributed by atoms with Gasteiger partial charge in [-0.15, -0.1) is 0 Å². The van der Waals surface area contributed by atoms with Crippen molar-refractivity contribution in [1.29, 1.82) is 0 Å². The van der Waals surface area contributed by atoms with Crippen molar-refractivity contribution in [2.75, 3.05) is 18.4 Å². The van der Waals surface area contributed by atoms with Crippen LogP contribution in [-0.2, 0) is 0 Å². The predicted molar refractivity (Wildman–Crippen MR) is 69.2 cm³/mol. The average Bonchev–Trinajstić information content (AvgIpc) is 3.05. The molecule has 1 aliphatic rings. The summed E-state index contributed by atoms with van der Waals surface area (Å²) in [4.78, 5) is 9.47. The Labute approximate surface area is 104 Å². The fraction of sp³-hybridized carbons (Fsp3) is 0.545. The minimum absolute atomic E-state index is 0.300. The summed E-state index contributed by atoms with van der Waals surface area (Å²) in [5.41, 5.74) is 7.06. The van der Waals surface area contributed by atoms with Gasteiger partial charge in [-0.2, -0.15) is 4.37 Å². The van der Waals surface area contributed by atoms with Gasteiger partial charge in [-0.3, -0.25) is 0 Å². The maximum absolute atomic E-state index is 5.77. The number of nitrogens with zero attached hydrogens (tertiary/aromatic N) is 3. The van der Waals surface area contributed by atoms with Crippen LogP contribution in [0.4, 0.5) is 5.82 Å². The zero-order valence-corrected chi connectivity index (χ0v) is 10.5. The topological polar surface area (TPSA) is 76.7 Å². The van der Waals surface area contributed by atoms with E-state index >= 15 is 0 Å². The third-order valence-electron chi connectivity index (χ3n) is 3.46. The molecule has 3 N–H and O–H groups in total. The van der Waals surface area contributed by atoms with E-state index in [9.17, 15) is 0 Å². The zero-order chi connectivity index (χ0) is 11.9. The highest BCUT2D eigenvalue weighted by Gasteiger charge is 2.41. The molecule has 0 bridgehead atoms. The number of aromatic nitrogens is 3. The van der Waals surface area contributed by atoms with Gasteiger partial charge in [0.2, 0.25) is 0 Å². The third kappa shape index (κ3) is 1.87. The second-order valence-electron chi connectivity index (χ2n) is 4.73. The molecule has 6 heteroatoms. The van der Waals surface area contributed by atoms with Gasteiger partial charge in [0.15, 0.2) is 0 Å². The molecule has 0 saturated heterocycles. The lowest BCUT2D eigenvalue weighted by molar-refractivity contribution is 0.555. The van der Waals surface area contributed by atoms with Crippen molar-refractivity contribution in [1.82, 2.24) is 14.3 Å². The van der Waals surface area contributed by atoms with Gasteiger partial charge >= 0.3 is 0 Å². The molecular weight excluding hydrogens is 234 g/mol. The van der Waals surface area contributed by atoms with Crippen molar-refractivity contribution in [3.63, 3.8) is 0 Å². The van der Waals surface area contributed by atoms with Crippen molar-refractivity contribution in [3.05, 3.63) is 12.0 Å². The van der Waals surface area contributed by atoms with E-state index in [0.29, 0.717) is 5.41 Å². The van der Waals surface area contributed by atoms with E-state index in [1.165, 1.54) is 24.4 Å². The van der Waals surface area contributed by atoms with Crippen LogP contribution >= 0.6 is 11.5 Å². The number of rotatable bonds is 4. The normalized spacial score (nSPS) is 17.3. The van der Waals surface area contributed by atoms with Gasteiger partial charge in [-0.1, -0.05) is 0 Å². The predicted octanol–water partition coefficient (Wildman–Crippen LogP) is 1.55. The molecule has 5 nitrogen and oxygen atoms in total. The van der Waals surface area contributed by atoms with Crippen LogP contribution < -0.4 is 11.1 Å². The zero-order valence-electron chi connectivity index (χ0n) is 9.73. The highest BCUT2D eigenvalue weighted by Crippen LogP contribution is 2.44. The summed E-state index contributed by atoms with van der Waals surface area (Å²) in [6, 6.07) is 0. The third-order valence-corrected chi connectivity index (χ3v) is 4.31. The van der Waals surface area contributed by atoms with E-state index < -0.39 is 0 Å². The lowest BCUT2D eigenvalue weighted by atomic mass is 10.1. The first-order valence-corrected chi connectivity index (χ1v) is 6.52. The molecule has 0 spiro atoms. The Bertz CT molecular complexity index is 546. The van der Waals surface area contributed by atoms with E-state index in [4.69, 9.17) is 5.73 Å². The van der Waals surface area contributed by atoms with E-state index in [-0.39, 0.29) is 0 Å². The maximum Gasteiger partial charge on any atom is 0.149 e. The van der Waals surface area contributed by atoms with Crippen LogP contribution in [0, 0.1) is 12.3 Å². The molecule has 2 aromatic rings. The fourth-order valence-corrected chi connectivity index (χ4v) is 2.70. The quantitative estimate of drug-likeness (QED) is 0.859. The van der Waals surface area contributed by atoms with Crippen molar-refractivity contribution in [3.8, 4) is 0 Å². The molecule has 0 aliphatic heterocycles. The van der Waals surface area contributed by atoms with Gasteiger partial charge < -0.3 is 11.1 Å². The van der Waals surface area contributed by atoms with Gasteiger partial charge in [-0.25, -0.2) is 9.97 Å². The summed E-state index contributed by atoms with van der Waals surface area (Å²) < 4.78 is 4.31. The largest absolute Gasteiger partial charge is 0.369 e. The smallest absolute Gasteiger partial charge is 0.149 e. The molecule has 2 aromatic heterocycles. The SMILES string of the molecule is Cc1nsc2ncnc(NCC3(CN)CC3)c12. The van der Waals surface area contributed by atoms with E-state index in [2.05, 4.69) is 19.7 Å². The number of nitrogens with two attached hydrogens (primary N) is 1. The van der Waals surface area contributed by atoms with Crippen LogP contribution in [0.3, 0.4) is 0 Å². The summed E-state index contributed by atoms with van der Waals surface area (Å²) in [5, 5.41) is 4.45. The highest BCUT2D eigenvalue weighted by molar-refractivity contribution is 7.13. The van der Waals surface area contributed by atoms with Gasteiger partial charge in [0.05, 0.1) is 11.1 Å². The van der Waals surface area contributed by atoms with Gasteiger partial charge in [0.25, 0.3) is 0 Å². The molecule has 1 fully saturated rings. The molecule has 17 heavy (non-hydrogen) atoms. The molecule has 2 heterocycles.